The van der Waals surface area contributed by atoms with Crippen molar-refractivity contribution in [3.05, 3.63) is 0 Å². The molecule has 0 aliphatic carbocycles. The van der Waals surface area contributed by atoms with Crippen LogP contribution in [0.1, 0.15) is 6.92 Å². The minimum absolute atomic E-state index is 0.985. The molecule has 0 unspecified atom stereocenters. The number of hydrogen-bond acceptors (Lipinski definition) is 3. The fourth-order valence-electron chi connectivity index (χ4n) is 0.310. The van der Waals surface area contributed by atoms with E-state index in [0.29, 0.717) is 0 Å². The summed E-state index contributed by atoms with van der Waals surface area (Å²) in [4.78, 5) is 0. The van der Waals surface area contributed by atoms with Gasteiger partial charge in [0.15, 0.2) is 9.84 Å². The molecule has 0 radical (unpaired) electrons. The first-order valence-corrected chi connectivity index (χ1v) is 5.80. The SMILES string of the molecule is C[C@@H](O)[C@](Cl)(I)S(C)(=O)=O. The molecule has 0 spiro atoms. The highest BCUT2D eigenvalue weighted by Crippen LogP contribution is 2.33. The van der Waals surface area contributed by atoms with Crippen molar-refractivity contribution in [3.8, 4) is 0 Å². The Morgan fingerprint density at radius 1 is 1.70 bits per heavy atom. The molecule has 0 bridgehead atoms. The van der Waals surface area contributed by atoms with Crippen molar-refractivity contribution in [3.63, 3.8) is 0 Å². The summed E-state index contributed by atoms with van der Waals surface area (Å²) in [5, 5.41) is 8.90. The van der Waals surface area contributed by atoms with Crippen molar-refractivity contribution in [2.75, 3.05) is 6.26 Å². The predicted octanol–water partition coefficient (Wildman–Crippen LogP) is 0.739. The topological polar surface area (TPSA) is 54.4 Å². The Hall–Kier alpha value is 0.930. The van der Waals surface area contributed by atoms with Crippen molar-refractivity contribution in [2.24, 2.45) is 0 Å². The van der Waals surface area contributed by atoms with Gasteiger partial charge in [-0.05, 0) is 29.5 Å². The lowest BCUT2D eigenvalue weighted by Gasteiger charge is -2.20. The molecule has 0 aliphatic heterocycles. The van der Waals surface area contributed by atoms with Crippen LogP contribution in [0.2, 0.25) is 0 Å². The van der Waals surface area contributed by atoms with E-state index in [2.05, 4.69) is 0 Å². The molecule has 0 saturated carbocycles. The number of alkyl halides is 2. The van der Waals surface area contributed by atoms with Gasteiger partial charge in [-0.25, -0.2) is 8.42 Å². The summed E-state index contributed by atoms with van der Waals surface area (Å²) in [5.74, 6) is 0. The summed E-state index contributed by atoms with van der Waals surface area (Å²) >= 11 is 7.00. The standard InChI is InChI=1S/C4H8ClIO3S/c1-3(7)4(5,6)10(2,8)9/h3,7H,1-2H3/t3-,4+/m1/s1. The van der Waals surface area contributed by atoms with Gasteiger partial charge in [0.05, 0.1) is 6.10 Å². The van der Waals surface area contributed by atoms with E-state index in [0.717, 1.165) is 6.26 Å². The molecular weight excluding hydrogens is 290 g/mol. The zero-order valence-electron chi connectivity index (χ0n) is 5.51. The highest BCUT2D eigenvalue weighted by molar-refractivity contribution is 14.1. The van der Waals surface area contributed by atoms with Crippen molar-refractivity contribution >= 4 is 44.0 Å². The van der Waals surface area contributed by atoms with Crippen LogP contribution in [0, 0.1) is 0 Å². The second kappa shape index (κ2) is 3.12. The summed E-state index contributed by atoms with van der Waals surface area (Å²) in [6.07, 6.45) is -0.0936. The Labute approximate surface area is 78.8 Å². The third kappa shape index (κ3) is 2.21. The van der Waals surface area contributed by atoms with Gasteiger partial charge in [-0.2, -0.15) is 0 Å². The number of hydrogen-bond donors (Lipinski definition) is 1. The summed E-state index contributed by atoms with van der Waals surface area (Å²) in [5.41, 5.74) is 0. The van der Waals surface area contributed by atoms with Gasteiger partial charge in [0, 0.05) is 6.26 Å². The molecule has 0 heterocycles. The Kier molecular flexibility index (Phi) is 3.41. The van der Waals surface area contributed by atoms with Crippen molar-refractivity contribution in [1.29, 1.82) is 0 Å². The van der Waals surface area contributed by atoms with Crippen molar-refractivity contribution in [1.82, 2.24) is 0 Å². The molecule has 62 valence electrons. The van der Waals surface area contributed by atoms with E-state index in [-0.39, 0.29) is 0 Å². The normalized spacial score (nSPS) is 21.7. The Bertz CT molecular complexity index is 209. The molecule has 0 fully saturated rings. The van der Waals surface area contributed by atoms with Gasteiger partial charge in [0.25, 0.3) is 0 Å². The van der Waals surface area contributed by atoms with Crippen LogP contribution in [0.3, 0.4) is 0 Å². The molecule has 0 aliphatic rings. The van der Waals surface area contributed by atoms with Crippen molar-refractivity contribution < 1.29 is 13.5 Å². The minimum Gasteiger partial charge on any atom is -0.390 e. The molecule has 6 heteroatoms. The maximum atomic E-state index is 10.8. The van der Waals surface area contributed by atoms with E-state index in [9.17, 15) is 8.42 Å². The van der Waals surface area contributed by atoms with Gasteiger partial charge in [0.2, 0.25) is 2.21 Å². The van der Waals surface area contributed by atoms with E-state index >= 15 is 0 Å². The quantitative estimate of drug-likeness (QED) is 0.604. The van der Waals surface area contributed by atoms with Gasteiger partial charge < -0.3 is 5.11 Å². The first-order chi connectivity index (χ1) is 4.19. The van der Waals surface area contributed by atoms with Crippen LogP contribution >= 0.6 is 34.2 Å². The fourth-order valence-corrected chi connectivity index (χ4v) is 0.929. The molecule has 0 aromatic heterocycles. The van der Waals surface area contributed by atoms with Crippen LogP contribution in [-0.2, 0) is 9.84 Å². The van der Waals surface area contributed by atoms with E-state index in [1.54, 1.807) is 0 Å². The van der Waals surface area contributed by atoms with Crippen LogP contribution in [0.5, 0.6) is 0 Å². The zero-order valence-corrected chi connectivity index (χ0v) is 9.24. The van der Waals surface area contributed by atoms with Gasteiger partial charge in [-0.1, -0.05) is 11.6 Å². The van der Waals surface area contributed by atoms with Crippen LogP contribution < -0.4 is 0 Å². The monoisotopic (exact) mass is 298 g/mol. The van der Waals surface area contributed by atoms with Gasteiger partial charge >= 0.3 is 0 Å². The largest absolute Gasteiger partial charge is 0.390 e. The lowest BCUT2D eigenvalue weighted by Crippen LogP contribution is -2.35. The molecule has 0 aromatic rings. The Morgan fingerprint density at radius 3 is 2.00 bits per heavy atom. The first kappa shape index (κ1) is 10.9. The first-order valence-electron chi connectivity index (χ1n) is 2.45. The van der Waals surface area contributed by atoms with E-state index in [1.807, 2.05) is 0 Å². The molecular formula is C4H8ClIO3S. The summed E-state index contributed by atoms with van der Waals surface area (Å²) < 4.78 is 20.0. The lowest BCUT2D eigenvalue weighted by atomic mass is 10.5. The summed E-state index contributed by atoms with van der Waals surface area (Å²) in [6.45, 7) is 1.33. The third-order valence-corrected chi connectivity index (χ3v) is 6.77. The molecule has 10 heavy (non-hydrogen) atoms. The highest BCUT2D eigenvalue weighted by Gasteiger charge is 2.40. The Morgan fingerprint density at radius 2 is 2.00 bits per heavy atom. The van der Waals surface area contributed by atoms with E-state index < -0.39 is 18.2 Å². The summed E-state index contributed by atoms with van der Waals surface area (Å²) in [7, 11) is -3.40. The van der Waals surface area contributed by atoms with Crippen LogP contribution in [0.15, 0.2) is 0 Å². The molecule has 0 amide bonds. The molecule has 0 aromatic carbocycles. The number of sulfone groups is 1. The van der Waals surface area contributed by atoms with Crippen molar-refractivity contribution in [2.45, 2.75) is 15.2 Å². The molecule has 2 atom stereocenters. The van der Waals surface area contributed by atoms with Crippen LogP contribution in [0.4, 0.5) is 0 Å². The van der Waals surface area contributed by atoms with Crippen LogP contribution in [0.25, 0.3) is 0 Å². The predicted molar refractivity (Wildman–Crippen MR) is 49.1 cm³/mol. The third-order valence-electron chi connectivity index (χ3n) is 0.981. The lowest BCUT2D eigenvalue weighted by molar-refractivity contribution is 0.204. The highest BCUT2D eigenvalue weighted by atomic mass is 127. The van der Waals surface area contributed by atoms with Crippen LogP contribution in [-0.4, -0.2) is 28.1 Å². The Balaban J connectivity index is 4.76. The van der Waals surface area contributed by atoms with E-state index in [1.165, 1.54) is 29.5 Å². The molecule has 0 rings (SSSR count). The molecule has 0 saturated heterocycles. The second-order valence-electron chi connectivity index (χ2n) is 2.01. The molecule has 3 nitrogen and oxygen atoms in total. The number of aliphatic hydroxyl groups is 1. The maximum absolute atomic E-state index is 10.8. The molecule has 1 N–H and O–H groups in total. The van der Waals surface area contributed by atoms with Gasteiger partial charge in [-0.15, -0.1) is 0 Å². The summed E-state index contributed by atoms with van der Waals surface area (Å²) in [6, 6.07) is 0. The van der Waals surface area contributed by atoms with E-state index in [4.69, 9.17) is 16.7 Å². The fraction of sp³-hybridized carbons (Fsp3) is 1.00. The van der Waals surface area contributed by atoms with Gasteiger partial charge in [0.1, 0.15) is 0 Å². The average molecular weight is 299 g/mol. The number of halogens is 2. The van der Waals surface area contributed by atoms with Gasteiger partial charge in [-0.3, -0.25) is 0 Å². The smallest absolute Gasteiger partial charge is 0.220 e. The average Bonchev–Trinajstić information content (AvgIpc) is 1.62. The number of rotatable bonds is 2. The maximum Gasteiger partial charge on any atom is 0.220 e. The number of aliphatic hydroxyl groups excluding tert-OH is 1. The zero-order chi connectivity index (χ0) is 8.58. The minimum atomic E-state index is -3.40. The second-order valence-corrected chi connectivity index (χ2v) is 8.09.